The molecular formula is C21H25NO5. The van der Waals surface area contributed by atoms with Gasteiger partial charge in [0, 0.05) is 25.0 Å². The average Bonchev–Trinajstić information content (AvgIpc) is 2.73. The molecule has 0 bridgehead atoms. The number of hydrogen-bond acceptors (Lipinski definition) is 6. The smallest absolute Gasteiger partial charge is 0.342 e. The molecule has 0 saturated carbocycles. The fourth-order valence-electron chi connectivity index (χ4n) is 3.44. The highest BCUT2D eigenvalue weighted by atomic mass is 16.6. The summed E-state index contributed by atoms with van der Waals surface area (Å²) in [4.78, 5) is 13.1. The number of carbonyl (C=O) groups is 1. The van der Waals surface area contributed by atoms with E-state index in [0.29, 0.717) is 35.7 Å². The van der Waals surface area contributed by atoms with Gasteiger partial charge in [-0.2, -0.15) is 0 Å². The zero-order chi connectivity index (χ0) is 19.3. The molecule has 1 heterocycles. The molecule has 1 fully saturated rings. The number of rotatable bonds is 6. The van der Waals surface area contributed by atoms with Gasteiger partial charge >= 0.3 is 5.97 Å². The van der Waals surface area contributed by atoms with Crippen molar-refractivity contribution in [3.63, 3.8) is 0 Å². The summed E-state index contributed by atoms with van der Waals surface area (Å²) in [7, 11) is 4.57. The van der Waals surface area contributed by atoms with Crippen LogP contribution in [0.25, 0.3) is 0 Å². The van der Waals surface area contributed by atoms with Crippen molar-refractivity contribution in [2.45, 2.75) is 18.4 Å². The van der Waals surface area contributed by atoms with Crippen LogP contribution >= 0.6 is 0 Å². The number of carbonyl (C=O) groups excluding carboxylic acids is 1. The van der Waals surface area contributed by atoms with Gasteiger partial charge in [-0.25, -0.2) is 4.79 Å². The molecule has 0 amide bonds. The molecule has 6 heteroatoms. The molecule has 27 heavy (non-hydrogen) atoms. The van der Waals surface area contributed by atoms with Crippen molar-refractivity contribution in [2.24, 2.45) is 0 Å². The van der Waals surface area contributed by atoms with Crippen LogP contribution in [0.5, 0.6) is 17.2 Å². The van der Waals surface area contributed by atoms with Crippen LogP contribution in [0.2, 0.25) is 0 Å². The van der Waals surface area contributed by atoms with E-state index < -0.39 is 11.6 Å². The van der Waals surface area contributed by atoms with Gasteiger partial charge in [0.05, 0.1) is 21.3 Å². The van der Waals surface area contributed by atoms with Gasteiger partial charge in [0.15, 0.2) is 11.5 Å². The van der Waals surface area contributed by atoms with E-state index >= 15 is 0 Å². The van der Waals surface area contributed by atoms with Gasteiger partial charge in [-0.05, 0) is 18.7 Å². The minimum Gasteiger partial charge on any atom is -0.496 e. The minimum atomic E-state index is -0.665. The second-order valence-corrected chi connectivity index (χ2v) is 6.41. The Kier molecular flexibility index (Phi) is 5.86. The molecule has 1 N–H and O–H groups in total. The number of ether oxygens (including phenoxy) is 4. The third-order valence-corrected chi connectivity index (χ3v) is 4.92. The van der Waals surface area contributed by atoms with Gasteiger partial charge in [0.1, 0.15) is 16.9 Å². The molecule has 0 aliphatic carbocycles. The van der Waals surface area contributed by atoms with E-state index in [1.165, 1.54) is 21.3 Å². The lowest BCUT2D eigenvalue weighted by Gasteiger charge is -2.37. The summed E-state index contributed by atoms with van der Waals surface area (Å²) in [6.07, 6.45) is 1.41. The summed E-state index contributed by atoms with van der Waals surface area (Å²) < 4.78 is 22.1. The Morgan fingerprint density at radius 1 is 0.889 bits per heavy atom. The zero-order valence-electron chi connectivity index (χ0n) is 15.9. The summed E-state index contributed by atoms with van der Waals surface area (Å²) in [5.74, 6) is 0.878. The monoisotopic (exact) mass is 371 g/mol. The molecule has 1 aliphatic heterocycles. The lowest BCUT2D eigenvalue weighted by Crippen LogP contribution is -2.43. The van der Waals surface area contributed by atoms with Crippen molar-refractivity contribution >= 4 is 5.97 Å². The van der Waals surface area contributed by atoms with Gasteiger partial charge in [-0.3, -0.25) is 0 Å². The number of piperidine rings is 1. The fourth-order valence-corrected chi connectivity index (χ4v) is 3.44. The van der Waals surface area contributed by atoms with E-state index in [9.17, 15) is 4.79 Å². The molecule has 2 aromatic rings. The molecule has 0 spiro atoms. The second-order valence-electron chi connectivity index (χ2n) is 6.41. The van der Waals surface area contributed by atoms with Crippen LogP contribution in [0.3, 0.4) is 0 Å². The predicted octanol–water partition coefficient (Wildman–Crippen LogP) is 3.15. The standard InChI is InChI=1S/C21H25NO5/c1-24-17-14-19(26-3)18(25-2)13-16(17)20(23)27-21(9-11-22-12-10-21)15-7-5-4-6-8-15/h4-8,13-14,22H,9-12H2,1-3H3. The molecule has 1 saturated heterocycles. The molecule has 6 nitrogen and oxygen atoms in total. The Morgan fingerprint density at radius 3 is 2.07 bits per heavy atom. The number of nitrogens with one attached hydrogen (secondary N) is 1. The first kappa shape index (κ1) is 19.0. The lowest BCUT2D eigenvalue weighted by atomic mass is 9.84. The topological polar surface area (TPSA) is 66.0 Å². The number of hydrogen-bond donors (Lipinski definition) is 1. The van der Waals surface area contributed by atoms with Crippen LogP contribution in [0.15, 0.2) is 42.5 Å². The van der Waals surface area contributed by atoms with Crippen molar-refractivity contribution in [2.75, 3.05) is 34.4 Å². The second kappa shape index (κ2) is 8.31. The van der Waals surface area contributed by atoms with Gasteiger partial charge in [0.25, 0.3) is 0 Å². The summed E-state index contributed by atoms with van der Waals surface area (Å²) in [5.41, 5.74) is 0.644. The SMILES string of the molecule is COc1cc(OC)c(C(=O)OC2(c3ccccc3)CCNCC2)cc1OC. The Bertz CT molecular complexity index is 785. The highest BCUT2D eigenvalue weighted by Crippen LogP contribution is 2.39. The largest absolute Gasteiger partial charge is 0.496 e. The van der Waals surface area contributed by atoms with Gasteiger partial charge in [0.2, 0.25) is 0 Å². The highest BCUT2D eigenvalue weighted by Gasteiger charge is 2.38. The van der Waals surface area contributed by atoms with Gasteiger partial charge in [-0.15, -0.1) is 0 Å². The van der Waals surface area contributed by atoms with Crippen molar-refractivity contribution in [1.29, 1.82) is 0 Å². The lowest BCUT2D eigenvalue weighted by molar-refractivity contribution is -0.0380. The fraction of sp³-hybridized carbons (Fsp3) is 0.381. The molecule has 1 aliphatic rings. The summed E-state index contributed by atoms with van der Waals surface area (Å²) >= 11 is 0. The number of methoxy groups -OCH3 is 3. The Labute approximate surface area is 159 Å². The summed E-state index contributed by atoms with van der Waals surface area (Å²) in [5, 5.41) is 3.33. The Hall–Kier alpha value is -2.73. The quantitative estimate of drug-likeness (QED) is 0.787. The van der Waals surface area contributed by atoms with Crippen LogP contribution in [0.4, 0.5) is 0 Å². The molecule has 144 valence electrons. The molecule has 0 unspecified atom stereocenters. The molecule has 3 rings (SSSR count). The van der Waals surface area contributed by atoms with Crippen molar-refractivity contribution < 1.29 is 23.7 Å². The molecule has 0 atom stereocenters. The van der Waals surface area contributed by atoms with E-state index in [2.05, 4.69) is 5.32 Å². The number of esters is 1. The predicted molar refractivity (Wildman–Crippen MR) is 102 cm³/mol. The Balaban J connectivity index is 1.97. The molecule has 0 aromatic heterocycles. The third kappa shape index (κ3) is 3.85. The first-order valence-corrected chi connectivity index (χ1v) is 8.93. The number of benzene rings is 2. The molecular weight excluding hydrogens is 346 g/mol. The van der Waals surface area contributed by atoms with Crippen LogP contribution in [-0.2, 0) is 10.3 Å². The van der Waals surface area contributed by atoms with Crippen molar-refractivity contribution in [1.82, 2.24) is 5.32 Å². The van der Waals surface area contributed by atoms with Crippen molar-refractivity contribution in [3.8, 4) is 17.2 Å². The van der Waals surface area contributed by atoms with Gasteiger partial charge < -0.3 is 24.3 Å². The van der Waals surface area contributed by atoms with Crippen molar-refractivity contribution in [3.05, 3.63) is 53.6 Å². The van der Waals surface area contributed by atoms with E-state index in [-0.39, 0.29) is 0 Å². The first-order valence-electron chi connectivity index (χ1n) is 8.93. The average molecular weight is 371 g/mol. The Morgan fingerprint density at radius 2 is 1.48 bits per heavy atom. The highest BCUT2D eigenvalue weighted by molar-refractivity contribution is 5.94. The normalized spacial score (nSPS) is 15.7. The van der Waals surface area contributed by atoms with Crippen LogP contribution in [0, 0.1) is 0 Å². The van der Waals surface area contributed by atoms with E-state index in [4.69, 9.17) is 18.9 Å². The van der Waals surface area contributed by atoms with Crippen LogP contribution < -0.4 is 19.5 Å². The molecule has 2 aromatic carbocycles. The van der Waals surface area contributed by atoms with E-state index in [0.717, 1.165) is 18.7 Å². The zero-order valence-corrected chi connectivity index (χ0v) is 15.9. The van der Waals surface area contributed by atoms with Crippen LogP contribution in [0.1, 0.15) is 28.8 Å². The summed E-state index contributed by atoms with van der Waals surface area (Å²) in [6, 6.07) is 13.1. The minimum absolute atomic E-state index is 0.309. The maximum Gasteiger partial charge on any atom is 0.342 e. The maximum atomic E-state index is 13.1. The first-order chi connectivity index (χ1) is 13.1. The third-order valence-electron chi connectivity index (χ3n) is 4.92. The van der Waals surface area contributed by atoms with Gasteiger partial charge in [-0.1, -0.05) is 30.3 Å². The summed E-state index contributed by atoms with van der Waals surface area (Å²) in [6.45, 7) is 1.57. The van der Waals surface area contributed by atoms with Crippen LogP contribution in [-0.4, -0.2) is 40.4 Å². The molecule has 0 radical (unpaired) electrons. The van der Waals surface area contributed by atoms with E-state index in [1.807, 2.05) is 30.3 Å². The maximum absolute atomic E-state index is 13.1. The van der Waals surface area contributed by atoms with E-state index in [1.54, 1.807) is 12.1 Å².